The summed E-state index contributed by atoms with van der Waals surface area (Å²) in [5.74, 6) is -0.347. The smallest absolute Gasteiger partial charge is 0.191 e. The largest absolute Gasteiger partial charge is 0.321 e. The van der Waals surface area contributed by atoms with Gasteiger partial charge in [0, 0.05) is 40.6 Å². The van der Waals surface area contributed by atoms with Crippen molar-refractivity contribution in [2.75, 3.05) is 6.26 Å². The number of ketones is 1. The van der Waals surface area contributed by atoms with E-state index in [4.69, 9.17) is 35.4 Å². The third-order valence-corrected chi connectivity index (χ3v) is 9.34. The Morgan fingerprint density at radius 3 is 2.62 bits per heavy atom. The van der Waals surface area contributed by atoms with Crippen LogP contribution in [0.3, 0.4) is 0 Å². The minimum Gasteiger partial charge on any atom is -0.321 e. The summed E-state index contributed by atoms with van der Waals surface area (Å²) in [6.07, 6.45) is 5.24. The maximum atomic E-state index is 13.6. The predicted molar refractivity (Wildman–Crippen MR) is 127 cm³/mol. The van der Waals surface area contributed by atoms with E-state index in [0.717, 1.165) is 23.7 Å². The summed E-state index contributed by atoms with van der Waals surface area (Å²) >= 11 is 23.0. The number of halogens is 2. The molecule has 2 aromatic heterocycles. The summed E-state index contributed by atoms with van der Waals surface area (Å²) in [7, 11) is 1.96. The highest BCUT2D eigenvalue weighted by Crippen LogP contribution is 2.54. The van der Waals surface area contributed by atoms with Crippen LogP contribution in [0.15, 0.2) is 57.6 Å². The van der Waals surface area contributed by atoms with Crippen molar-refractivity contribution in [1.29, 1.82) is 0 Å². The van der Waals surface area contributed by atoms with Gasteiger partial charge in [-0.15, -0.1) is 23.1 Å². The minimum absolute atomic E-state index is 0.0344. The number of aromatic nitrogens is 2. The molecule has 29 heavy (non-hydrogen) atoms. The highest BCUT2D eigenvalue weighted by Gasteiger charge is 2.37. The Hall–Kier alpha value is -1.09. The van der Waals surface area contributed by atoms with Gasteiger partial charge in [0.25, 0.3) is 0 Å². The fourth-order valence-corrected chi connectivity index (χ4v) is 7.40. The second kappa shape index (κ2) is 8.57. The van der Waals surface area contributed by atoms with Crippen molar-refractivity contribution in [1.82, 2.24) is 9.55 Å². The number of hydrogen-bond donors (Lipinski definition) is 0. The molecule has 0 fully saturated rings. The van der Waals surface area contributed by atoms with E-state index in [9.17, 15) is 4.79 Å². The maximum Gasteiger partial charge on any atom is 0.191 e. The first kappa shape index (κ1) is 21.2. The summed E-state index contributed by atoms with van der Waals surface area (Å²) in [5.41, 5.74) is 2.15. The molecule has 0 N–H and O–H groups in total. The maximum absolute atomic E-state index is 13.6. The molecule has 4 rings (SSSR count). The quantitative estimate of drug-likeness (QED) is 0.281. The normalized spacial score (nSPS) is 16.1. The Morgan fingerprint density at radius 1 is 1.24 bits per heavy atom. The van der Waals surface area contributed by atoms with Gasteiger partial charge in [0.1, 0.15) is 0 Å². The van der Waals surface area contributed by atoms with Crippen LogP contribution in [0.4, 0.5) is 0 Å². The lowest BCUT2D eigenvalue weighted by molar-refractivity contribution is 0.102. The van der Waals surface area contributed by atoms with Gasteiger partial charge in [-0.2, -0.15) is 0 Å². The number of allylic oxidation sites excluding steroid dienone is 1. The lowest BCUT2D eigenvalue weighted by atomic mass is 9.86. The number of benzene rings is 1. The first-order valence-corrected chi connectivity index (χ1v) is 12.5. The van der Waals surface area contributed by atoms with E-state index < -0.39 is 0 Å². The van der Waals surface area contributed by atoms with Gasteiger partial charge in [-0.05, 0) is 48.3 Å². The molecule has 3 aromatic rings. The zero-order chi connectivity index (χ0) is 20.7. The fraction of sp³-hybridized carbons (Fsp3) is 0.150. The van der Waals surface area contributed by atoms with Gasteiger partial charge in [-0.25, -0.2) is 0 Å². The number of pyridine rings is 1. The van der Waals surface area contributed by atoms with E-state index in [1.807, 2.05) is 23.9 Å². The number of rotatable bonds is 4. The third kappa shape index (κ3) is 3.84. The molecular formula is C20H14Cl2N2OS4. The van der Waals surface area contributed by atoms with E-state index in [1.165, 1.54) is 11.3 Å². The van der Waals surface area contributed by atoms with Crippen molar-refractivity contribution >= 4 is 76.1 Å². The van der Waals surface area contributed by atoms with Crippen molar-refractivity contribution in [3.05, 3.63) is 82.5 Å². The summed E-state index contributed by atoms with van der Waals surface area (Å²) in [4.78, 5) is 18.7. The second-order valence-electron chi connectivity index (χ2n) is 6.27. The first-order chi connectivity index (χ1) is 13.9. The number of fused-ring (bicyclic) bond motifs is 1. The number of Topliss-reactive ketones (excluding diaryl/α,β-unsaturated/α-hetero) is 1. The number of nitrogens with zero attached hydrogens (tertiary/aromatic N) is 2. The summed E-state index contributed by atoms with van der Waals surface area (Å²) in [5, 5.41) is 2.13. The highest BCUT2D eigenvalue weighted by atomic mass is 35.5. The van der Waals surface area contributed by atoms with Gasteiger partial charge in [0.15, 0.2) is 9.74 Å². The Labute approximate surface area is 196 Å². The monoisotopic (exact) mass is 496 g/mol. The lowest BCUT2D eigenvalue weighted by Gasteiger charge is -2.28. The van der Waals surface area contributed by atoms with Crippen LogP contribution in [0.1, 0.15) is 26.7 Å². The molecule has 3 heterocycles. The molecule has 0 bridgehead atoms. The van der Waals surface area contributed by atoms with E-state index in [1.54, 1.807) is 60.2 Å². The molecular weight excluding hydrogens is 483 g/mol. The van der Waals surface area contributed by atoms with Gasteiger partial charge >= 0.3 is 0 Å². The van der Waals surface area contributed by atoms with Crippen molar-refractivity contribution in [3.8, 4) is 0 Å². The molecule has 0 spiro atoms. The summed E-state index contributed by atoms with van der Waals surface area (Å²) in [6.45, 7) is 0. The molecule has 0 saturated carbocycles. The molecule has 9 heteroatoms. The molecule has 1 unspecified atom stereocenters. The van der Waals surface area contributed by atoms with Crippen molar-refractivity contribution in [2.24, 2.45) is 7.05 Å². The molecule has 1 aliphatic rings. The van der Waals surface area contributed by atoms with E-state index in [-0.39, 0.29) is 11.7 Å². The van der Waals surface area contributed by atoms with Crippen LogP contribution in [0, 0.1) is 3.95 Å². The van der Waals surface area contributed by atoms with Gasteiger partial charge in [0.05, 0.1) is 20.1 Å². The summed E-state index contributed by atoms with van der Waals surface area (Å²) < 4.78 is 3.70. The average molecular weight is 498 g/mol. The first-order valence-electron chi connectivity index (χ1n) is 8.47. The molecule has 148 valence electrons. The topological polar surface area (TPSA) is 34.9 Å². The van der Waals surface area contributed by atoms with Gasteiger partial charge in [-0.3, -0.25) is 9.78 Å². The summed E-state index contributed by atoms with van der Waals surface area (Å²) in [6, 6.07) is 8.90. The van der Waals surface area contributed by atoms with Crippen LogP contribution < -0.4 is 0 Å². The third-order valence-electron chi connectivity index (χ3n) is 4.59. The van der Waals surface area contributed by atoms with E-state index in [2.05, 4.69) is 4.98 Å². The Balaban J connectivity index is 2.00. The number of carbonyl (C=O) groups excluding carboxylic acids is 1. The highest BCUT2D eigenvalue weighted by molar-refractivity contribution is 8.22. The Bertz CT molecular complexity index is 1200. The van der Waals surface area contributed by atoms with Crippen LogP contribution in [-0.2, 0) is 7.05 Å². The van der Waals surface area contributed by atoms with Gasteiger partial charge in [0.2, 0.25) is 0 Å². The van der Waals surface area contributed by atoms with Crippen molar-refractivity contribution in [3.63, 3.8) is 0 Å². The van der Waals surface area contributed by atoms with Crippen molar-refractivity contribution < 1.29 is 4.79 Å². The van der Waals surface area contributed by atoms with Gasteiger partial charge in [-0.1, -0.05) is 41.0 Å². The molecule has 1 aromatic carbocycles. The number of thioether (sulfide) groups is 2. The lowest BCUT2D eigenvalue weighted by Crippen LogP contribution is -2.18. The van der Waals surface area contributed by atoms with Crippen LogP contribution in [-0.4, -0.2) is 21.6 Å². The van der Waals surface area contributed by atoms with E-state index in [0.29, 0.717) is 21.2 Å². The second-order valence-corrected chi connectivity index (χ2v) is 10.9. The molecule has 0 aliphatic carbocycles. The van der Waals surface area contributed by atoms with Gasteiger partial charge < -0.3 is 4.57 Å². The Kier molecular flexibility index (Phi) is 6.25. The zero-order valence-electron chi connectivity index (χ0n) is 15.3. The van der Waals surface area contributed by atoms with Crippen LogP contribution in [0.2, 0.25) is 10.0 Å². The average Bonchev–Trinajstić information content (AvgIpc) is 3.01. The molecule has 0 radical (unpaired) electrons. The molecule has 0 amide bonds. The predicted octanol–water partition coefficient (Wildman–Crippen LogP) is 7.21. The Morgan fingerprint density at radius 2 is 1.97 bits per heavy atom. The van der Waals surface area contributed by atoms with Crippen LogP contribution >= 0.6 is 70.3 Å². The standard InChI is InChI=1S/C20H14Cl2N2OS4/c1-24-18-17(28-20(24)26)14(12-4-3-11(21)9-13(12)22)15(19(27-2)29-18)16(25)10-5-7-23-8-6-10/h3-9,14H,1-2H3. The van der Waals surface area contributed by atoms with Crippen LogP contribution in [0.25, 0.3) is 0 Å². The molecule has 1 aliphatic heterocycles. The number of thiazole rings is 1. The minimum atomic E-state index is -0.313. The fourth-order valence-electron chi connectivity index (χ4n) is 3.21. The number of hydrogen-bond acceptors (Lipinski definition) is 6. The zero-order valence-corrected chi connectivity index (χ0v) is 20.1. The van der Waals surface area contributed by atoms with Crippen LogP contribution in [0.5, 0.6) is 0 Å². The molecule has 1 atom stereocenters. The van der Waals surface area contributed by atoms with Crippen molar-refractivity contribution in [2.45, 2.75) is 10.9 Å². The molecule has 3 nitrogen and oxygen atoms in total. The molecule has 0 saturated heterocycles. The SMILES string of the molecule is CSC1=C(C(=O)c2ccncc2)C(c2ccc(Cl)cc2Cl)c2sc(=S)n(C)c2S1. The number of carbonyl (C=O) groups is 1. The van der Waals surface area contributed by atoms with E-state index >= 15 is 0 Å².